The maximum atomic E-state index is 12.8. The van der Waals surface area contributed by atoms with E-state index in [1.54, 1.807) is 12.1 Å². The van der Waals surface area contributed by atoms with Gasteiger partial charge in [0.1, 0.15) is 5.82 Å². The highest BCUT2D eigenvalue weighted by Crippen LogP contribution is 2.12. The van der Waals surface area contributed by atoms with Crippen molar-refractivity contribution in [3.05, 3.63) is 65.5 Å². The van der Waals surface area contributed by atoms with Gasteiger partial charge in [0, 0.05) is 17.7 Å². The lowest BCUT2D eigenvalue weighted by molar-refractivity contribution is 0.102. The predicted octanol–water partition coefficient (Wildman–Crippen LogP) is 2.91. The van der Waals surface area contributed by atoms with Gasteiger partial charge in [-0.3, -0.25) is 4.79 Å². The minimum Gasteiger partial charge on any atom is -0.393 e. The molecule has 2 aromatic carbocycles. The molecule has 5 heteroatoms. The van der Waals surface area contributed by atoms with E-state index in [1.165, 1.54) is 24.3 Å². The molecule has 0 radical (unpaired) electrons. The number of anilines is 1. The Balaban J connectivity index is 2.04. The summed E-state index contributed by atoms with van der Waals surface area (Å²) in [5.41, 5.74) is 7.51. The molecule has 2 rings (SSSR count). The van der Waals surface area contributed by atoms with Crippen LogP contribution in [0.1, 0.15) is 15.9 Å². The number of nitrogens with two attached hydrogens (primary N) is 1. The standard InChI is InChI=1S/C15H13FN2OS/c16-12-5-3-11(4-6-12)15(19)18-13-7-1-10(2-8-13)9-14(17)20/h1-8H,9H2,(H2,17,20)(H,18,19). The zero-order chi connectivity index (χ0) is 14.5. The maximum absolute atomic E-state index is 12.8. The minimum absolute atomic E-state index is 0.285. The molecule has 0 fully saturated rings. The summed E-state index contributed by atoms with van der Waals surface area (Å²) in [7, 11) is 0. The van der Waals surface area contributed by atoms with Crippen LogP contribution < -0.4 is 11.1 Å². The first-order valence-corrected chi connectivity index (χ1v) is 6.39. The first-order chi connectivity index (χ1) is 9.54. The molecular formula is C15H13FN2OS. The number of thiocarbonyl (C=S) groups is 1. The fraction of sp³-hybridized carbons (Fsp3) is 0.0667. The molecule has 0 aromatic heterocycles. The molecule has 3 N–H and O–H groups in total. The van der Waals surface area contributed by atoms with Gasteiger partial charge < -0.3 is 11.1 Å². The van der Waals surface area contributed by atoms with Crippen LogP contribution in [0.2, 0.25) is 0 Å². The third-order valence-corrected chi connectivity index (χ3v) is 2.84. The monoisotopic (exact) mass is 288 g/mol. The molecule has 102 valence electrons. The van der Waals surface area contributed by atoms with E-state index in [0.717, 1.165) is 5.56 Å². The van der Waals surface area contributed by atoms with Gasteiger partial charge >= 0.3 is 0 Å². The van der Waals surface area contributed by atoms with E-state index in [1.807, 2.05) is 12.1 Å². The molecule has 0 aliphatic heterocycles. The molecule has 20 heavy (non-hydrogen) atoms. The summed E-state index contributed by atoms with van der Waals surface area (Å²) in [6.45, 7) is 0. The zero-order valence-electron chi connectivity index (χ0n) is 10.6. The van der Waals surface area contributed by atoms with Gasteiger partial charge in [-0.2, -0.15) is 0 Å². The van der Waals surface area contributed by atoms with E-state index in [0.29, 0.717) is 22.7 Å². The Bertz CT molecular complexity index is 623. The van der Waals surface area contributed by atoms with Crippen LogP contribution in [0.5, 0.6) is 0 Å². The van der Waals surface area contributed by atoms with E-state index >= 15 is 0 Å². The second-order valence-corrected chi connectivity index (χ2v) is 4.83. The average molecular weight is 288 g/mol. The van der Waals surface area contributed by atoms with Crippen molar-refractivity contribution in [2.45, 2.75) is 6.42 Å². The molecule has 3 nitrogen and oxygen atoms in total. The molecule has 2 aromatic rings. The number of rotatable bonds is 4. The normalized spacial score (nSPS) is 10.1. The van der Waals surface area contributed by atoms with Crippen LogP contribution in [0.15, 0.2) is 48.5 Å². The molecule has 0 spiro atoms. The van der Waals surface area contributed by atoms with Gasteiger partial charge in [-0.25, -0.2) is 4.39 Å². The molecule has 0 aliphatic carbocycles. The zero-order valence-corrected chi connectivity index (χ0v) is 11.4. The highest BCUT2D eigenvalue weighted by Gasteiger charge is 2.06. The summed E-state index contributed by atoms with van der Waals surface area (Å²) in [6, 6.07) is 12.6. The number of benzene rings is 2. The molecule has 1 amide bonds. The lowest BCUT2D eigenvalue weighted by Crippen LogP contribution is -2.13. The van der Waals surface area contributed by atoms with E-state index in [2.05, 4.69) is 5.32 Å². The molecule has 0 aliphatic rings. The average Bonchev–Trinajstić information content (AvgIpc) is 2.41. The van der Waals surface area contributed by atoms with Gasteiger partial charge in [-0.15, -0.1) is 0 Å². The van der Waals surface area contributed by atoms with Crippen molar-refractivity contribution < 1.29 is 9.18 Å². The van der Waals surface area contributed by atoms with Crippen molar-refractivity contribution in [2.75, 3.05) is 5.32 Å². The van der Waals surface area contributed by atoms with Crippen LogP contribution in [0.4, 0.5) is 10.1 Å². The number of carbonyl (C=O) groups is 1. The van der Waals surface area contributed by atoms with Crippen LogP contribution in [-0.2, 0) is 6.42 Å². The van der Waals surface area contributed by atoms with Crippen molar-refractivity contribution in [2.24, 2.45) is 5.73 Å². The molecule has 0 atom stereocenters. The molecule has 0 saturated carbocycles. The number of carbonyl (C=O) groups excluding carboxylic acids is 1. The topological polar surface area (TPSA) is 55.1 Å². The first kappa shape index (κ1) is 14.1. The fourth-order valence-corrected chi connectivity index (χ4v) is 1.88. The largest absolute Gasteiger partial charge is 0.393 e. The Kier molecular flexibility index (Phi) is 4.42. The lowest BCUT2D eigenvalue weighted by atomic mass is 10.1. The smallest absolute Gasteiger partial charge is 0.255 e. The van der Waals surface area contributed by atoms with Crippen LogP contribution in [-0.4, -0.2) is 10.9 Å². The highest BCUT2D eigenvalue weighted by molar-refractivity contribution is 7.80. The van der Waals surface area contributed by atoms with Crippen molar-refractivity contribution in [1.82, 2.24) is 0 Å². The quantitative estimate of drug-likeness (QED) is 0.851. The molecular weight excluding hydrogens is 275 g/mol. The predicted molar refractivity (Wildman–Crippen MR) is 81.3 cm³/mol. The summed E-state index contributed by atoms with van der Waals surface area (Å²) < 4.78 is 12.8. The SMILES string of the molecule is NC(=S)Cc1ccc(NC(=O)c2ccc(F)cc2)cc1. The van der Waals surface area contributed by atoms with Crippen molar-refractivity contribution >= 4 is 28.8 Å². The number of hydrogen-bond donors (Lipinski definition) is 2. The van der Waals surface area contributed by atoms with Crippen LogP contribution in [0.3, 0.4) is 0 Å². The maximum Gasteiger partial charge on any atom is 0.255 e. The van der Waals surface area contributed by atoms with E-state index < -0.39 is 0 Å². The van der Waals surface area contributed by atoms with Gasteiger partial charge in [-0.1, -0.05) is 24.4 Å². The van der Waals surface area contributed by atoms with Crippen LogP contribution in [0.25, 0.3) is 0 Å². The number of hydrogen-bond acceptors (Lipinski definition) is 2. The summed E-state index contributed by atoms with van der Waals surface area (Å²) >= 11 is 4.83. The third kappa shape index (κ3) is 3.86. The summed E-state index contributed by atoms with van der Waals surface area (Å²) in [5, 5.41) is 2.73. The van der Waals surface area contributed by atoms with Gasteiger partial charge in [0.15, 0.2) is 0 Å². The number of amides is 1. The van der Waals surface area contributed by atoms with Gasteiger partial charge in [0.25, 0.3) is 5.91 Å². The van der Waals surface area contributed by atoms with Crippen molar-refractivity contribution in [3.8, 4) is 0 Å². The van der Waals surface area contributed by atoms with Crippen LogP contribution in [0, 0.1) is 5.82 Å². The lowest BCUT2D eigenvalue weighted by Gasteiger charge is -2.06. The second kappa shape index (κ2) is 6.25. The third-order valence-electron chi connectivity index (χ3n) is 2.70. The van der Waals surface area contributed by atoms with Gasteiger partial charge in [-0.05, 0) is 42.0 Å². The highest BCUT2D eigenvalue weighted by atomic mass is 32.1. The minimum atomic E-state index is -0.372. The fourth-order valence-electron chi connectivity index (χ4n) is 1.71. The number of halogens is 1. The van der Waals surface area contributed by atoms with Gasteiger partial charge in [0.2, 0.25) is 0 Å². The Morgan fingerprint density at radius 2 is 1.70 bits per heavy atom. The molecule has 0 bridgehead atoms. The molecule has 0 saturated heterocycles. The summed E-state index contributed by atoms with van der Waals surface area (Å²) in [6.07, 6.45) is 0.529. The summed E-state index contributed by atoms with van der Waals surface area (Å²) in [4.78, 5) is 12.3. The van der Waals surface area contributed by atoms with E-state index in [-0.39, 0.29) is 11.7 Å². The Hall–Kier alpha value is -2.27. The Morgan fingerprint density at radius 3 is 2.25 bits per heavy atom. The Morgan fingerprint density at radius 1 is 1.10 bits per heavy atom. The van der Waals surface area contributed by atoms with Crippen molar-refractivity contribution in [3.63, 3.8) is 0 Å². The van der Waals surface area contributed by atoms with Crippen molar-refractivity contribution in [1.29, 1.82) is 0 Å². The number of nitrogens with one attached hydrogen (secondary N) is 1. The van der Waals surface area contributed by atoms with Crippen LogP contribution >= 0.6 is 12.2 Å². The summed E-state index contributed by atoms with van der Waals surface area (Å²) in [5.74, 6) is -0.657. The first-order valence-electron chi connectivity index (χ1n) is 5.99. The van der Waals surface area contributed by atoms with Gasteiger partial charge in [0.05, 0.1) is 4.99 Å². The van der Waals surface area contributed by atoms with E-state index in [9.17, 15) is 9.18 Å². The molecule has 0 unspecified atom stereocenters. The second-order valence-electron chi connectivity index (χ2n) is 4.30. The molecule has 0 heterocycles. The Labute approximate surface area is 121 Å². The van der Waals surface area contributed by atoms with E-state index in [4.69, 9.17) is 18.0 Å².